The molecule has 0 saturated heterocycles. The molecule has 1 aliphatic carbocycles. The van der Waals surface area contributed by atoms with Gasteiger partial charge >= 0.3 is 0 Å². The van der Waals surface area contributed by atoms with Gasteiger partial charge in [-0.15, -0.1) is 23.7 Å². The van der Waals surface area contributed by atoms with Crippen LogP contribution < -0.4 is 11.1 Å². The van der Waals surface area contributed by atoms with Crippen LogP contribution in [0.25, 0.3) is 0 Å². The Bertz CT molecular complexity index is 597. The van der Waals surface area contributed by atoms with Crippen molar-refractivity contribution < 1.29 is 13.2 Å². The van der Waals surface area contributed by atoms with Gasteiger partial charge in [-0.2, -0.15) is 0 Å². The zero-order chi connectivity index (χ0) is 14.9. The molecule has 0 aromatic carbocycles. The molecule has 1 aromatic heterocycles. The maximum Gasteiger partial charge on any atom is 0.262 e. The molecule has 1 heterocycles. The molecule has 9 heteroatoms. The maximum absolute atomic E-state index is 12.1. The van der Waals surface area contributed by atoms with Gasteiger partial charge in [0.15, 0.2) is 0 Å². The lowest BCUT2D eigenvalue weighted by atomic mass is 10.2. The zero-order valence-corrected chi connectivity index (χ0v) is 14.4. The van der Waals surface area contributed by atoms with Gasteiger partial charge in [0.2, 0.25) is 10.0 Å². The molecular formula is C12H20ClN3O3S2. The van der Waals surface area contributed by atoms with Crippen LogP contribution in [-0.2, 0) is 10.0 Å². The van der Waals surface area contributed by atoms with E-state index < -0.39 is 10.0 Å². The predicted molar refractivity (Wildman–Crippen MR) is 85.5 cm³/mol. The Labute approximate surface area is 135 Å². The third kappa shape index (κ3) is 4.17. The lowest BCUT2D eigenvalue weighted by molar-refractivity contribution is 0.0951. The first-order chi connectivity index (χ1) is 9.34. The SMILES string of the molecule is CN(C)S(=O)(=O)c1ccsc1C(=O)NCC(N)C1CC1.Cl. The summed E-state index contributed by atoms with van der Waals surface area (Å²) in [5.74, 6) is 0.111. The number of amides is 1. The number of nitrogens with zero attached hydrogens (tertiary/aromatic N) is 1. The number of carbonyl (C=O) groups excluding carboxylic acids is 1. The van der Waals surface area contributed by atoms with Gasteiger partial charge < -0.3 is 11.1 Å². The topological polar surface area (TPSA) is 92.5 Å². The van der Waals surface area contributed by atoms with Crippen LogP contribution >= 0.6 is 23.7 Å². The van der Waals surface area contributed by atoms with Crippen LogP contribution in [0.3, 0.4) is 0 Å². The van der Waals surface area contributed by atoms with E-state index in [9.17, 15) is 13.2 Å². The minimum Gasteiger partial charge on any atom is -0.350 e. The maximum atomic E-state index is 12.1. The van der Waals surface area contributed by atoms with E-state index in [-0.39, 0.29) is 34.1 Å². The molecule has 6 nitrogen and oxygen atoms in total. The van der Waals surface area contributed by atoms with Gasteiger partial charge in [0, 0.05) is 26.7 Å². The number of rotatable bonds is 6. The minimum absolute atomic E-state index is 0. The first-order valence-corrected chi connectivity index (χ1v) is 8.70. The van der Waals surface area contributed by atoms with E-state index in [1.54, 1.807) is 5.38 Å². The summed E-state index contributed by atoms with van der Waals surface area (Å²) < 4.78 is 25.3. The Hall–Kier alpha value is -0.670. The molecule has 120 valence electrons. The van der Waals surface area contributed by atoms with Crippen LogP contribution in [0.1, 0.15) is 22.5 Å². The summed E-state index contributed by atoms with van der Waals surface area (Å²) in [6.07, 6.45) is 2.21. The molecule has 1 amide bonds. The molecule has 1 aliphatic rings. The number of thiophene rings is 1. The summed E-state index contributed by atoms with van der Waals surface area (Å²) in [5, 5.41) is 4.32. The smallest absolute Gasteiger partial charge is 0.262 e. The van der Waals surface area contributed by atoms with Gasteiger partial charge in [0.25, 0.3) is 5.91 Å². The highest BCUT2D eigenvalue weighted by Gasteiger charge is 2.30. The van der Waals surface area contributed by atoms with Gasteiger partial charge in [-0.3, -0.25) is 4.79 Å². The second-order valence-corrected chi connectivity index (χ2v) is 8.15. The van der Waals surface area contributed by atoms with Crippen molar-refractivity contribution >= 4 is 39.7 Å². The molecule has 2 rings (SSSR count). The normalized spacial score (nSPS) is 16.4. The van der Waals surface area contributed by atoms with Crippen molar-refractivity contribution in [3.05, 3.63) is 16.3 Å². The van der Waals surface area contributed by atoms with E-state index in [0.29, 0.717) is 12.5 Å². The third-order valence-corrected chi connectivity index (χ3v) is 6.22. The van der Waals surface area contributed by atoms with Crippen LogP contribution in [-0.4, -0.2) is 45.3 Å². The second kappa shape index (κ2) is 7.06. The summed E-state index contributed by atoms with van der Waals surface area (Å²) in [4.78, 5) is 12.4. The molecular weight excluding hydrogens is 334 g/mol. The number of hydrogen-bond acceptors (Lipinski definition) is 5. The van der Waals surface area contributed by atoms with E-state index in [4.69, 9.17) is 5.73 Å². The highest BCUT2D eigenvalue weighted by atomic mass is 35.5. The van der Waals surface area contributed by atoms with Crippen molar-refractivity contribution in [3.63, 3.8) is 0 Å². The van der Waals surface area contributed by atoms with Gasteiger partial charge in [0.05, 0.1) is 0 Å². The predicted octanol–water partition coefficient (Wildman–Crippen LogP) is 0.887. The standard InChI is InChI=1S/C12H19N3O3S2.ClH/c1-15(2)20(17,18)10-5-6-19-11(10)12(16)14-7-9(13)8-3-4-8;/h5-6,8-9H,3-4,7,13H2,1-2H3,(H,14,16);1H. The molecule has 0 radical (unpaired) electrons. The van der Waals surface area contributed by atoms with Crippen molar-refractivity contribution in [2.75, 3.05) is 20.6 Å². The Morgan fingerprint density at radius 3 is 2.67 bits per heavy atom. The van der Waals surface area contributed by atoms with Crippen molar-refractivity contribution in [1.82, 2.24) is 9.62 Å². The van der Waals surface area contributed by atoms with Gasteiger partial charge in [-0.1, -0.05) is 0 Å². The summed E-state index contributed by atoms with van der Waals surface area (Å²) in [7, 11) is -0.716. The largest absolute Gasteiger partial charge is 0.350 e. The molecule has 1 unspecified atom stereocenters. The molecule has 1 aromatic rings. The molecule has 1 atom stereocenters. The fraction of sp³-hybridized carbons (Fsp3) is 0.583. The van der Waals surface area contributed by atoms with Crippen molar-refractivity contribution in [2.24, 2.45) is 11.7 Å². The first-order valence-electron chi connectivity index (χ1n) is 6.38. The first kappa shape index (κ1) is 18.4. The quantitative estimate of drug-likeness (QED) is 0.794. The van der Waals surface area contributed by atoms with E-state index in [0.717, 1.165) is 28.5 Å². The molecule has 0 spiro atoms. The van der Waals surface area contributed by atoms with Crippen LogP contribution in [0.2, 0.25) is 0 Å². The molecule has 21 heavy (non-hydrogen) atoms. The molecule has 0 aliphatic heterocycles. The lowest BCUT2D eigenvalue weighted by Crippen LogP contribution is -2.38. The Morgan fingerprint density at radius 1 is 1.52 bits per heavy atom. The summed E-state index contributed by atoms with van der Waals surface area (Å²) in [6, 6.07) is 1.41. The lowest BCUT2D eigenvalue weighted by Gasteiger charge is -2.13. The van der Waals surface area contributed by atoms with E-state index in [1.807, 2.05) is 0 Å². The number of carbonyl (C=O) groups is 1. The Balaban J connectivity index is 0.00000220. The zero-order valence-electron chi connectivity index (χ0n) is 11.9. The molecule has 3 N–H and O–H groups in total. The van der Waals surface area contributed by atoms with E-state index in [2.05, 4.69) is 5.32 Å². The monoisotopic (exact) mass is 353 g/mol. The highest BCUT2D eigenvalue weighted by Crippen LogP contribution is 2.31. The number of nitrogens with two attached hydrogens (primary N) is 1. The van der Waals surface area contributed by atoms with E-state index in [1.165, 1.54) is 20.2 Å². The Kier molecular flexibility index (Phi) is 6.18. The van der Waals surface area contributed by atoms with Gasteiger partial charge in [-0.05, 0) is 30.2 Å². The second-order valence-electron chi connectivity index (χ2n) is 5.11. The van der Waals surface area contributed by atoms with Crippen LogP contribution in [0, 0.1) is 5.92 Å². The average Bonchev–Trinajstić information content (AvgIpc) is 3.11. The van der Waals surface area contributed by atoms with E-state index >= 15 is 0 Å². The van der Waals surface area contributed by atoms with Crippen LogP contribution in [0.15, 0.2) is 16.3 Å². The average molecular weight is 354 g/mol. The Morgan fingerprint density at radius 2 is 2.14 bits per heavy atom. The fourth-order valence-electron chi connectivity index (χ4n) is 1.84. The molecule has 0 bridgehead atoms. The number of sulfonamides is 1. The number of halogens is 1. The third-order valence-electron chi connectivity index (χ3n) is 3.32. The van der Waals surface area contributed by atoms with Gasteiger partial charge in [0.1, 0.15) is 9.77 Å². The summed E-state index contributed by atoms with van der Waals surface area (Å²) in [5.41, 5.74) is 5.91. The minimum atomic E-state index is -3.60. The highest BCUT2D eigenvalue weighted by molar-refractivity contribution is 7.89. The summed E-state index contributed by atoms with van der Waals surface area (Å²) >= 11 is 1.12. The van der Waals surface area contributed by atoms with Crippen molar-refractivity contribution in [3.8, 4) is 0 Å². The van der Waals surface area contributed by atoms with Crippen molar-refractivity contribution in [2.45, 2.75) is 23.8 Å². The molecule has 1 fully saturated rings. The number of hydrogen-bond donors (Lipinski definition) is 2. The number of nitrogens with one attached hydrogen (secondary N) is 1. The van der Waals surface area contributed by atoms with Crippen LogP contribution in [0.5, 0.6) is 0 Å². The summed E-state index contributed by atoms with van der Waals surface area (Å²) in [6.45, 7) is 0.378. The van der Waals surface area contributed by atoms with Gasteiger partial charge in [-0.25, -0.2) is 12.7 Å². The van der Waals surface area contributed by atoms with Crippen molar-refractivity contribution in [1.29, 1.82) is 0 Å². The molecule has 1 saturated carbocycles. The van der Waals surface area contributed by atoms with Crippen LogP contribution in [0.4, 0.5) is 0 Å². The fourth-order valence-corrected chi connectivity index (χ4v) is 4.06.